The molecule has 3 nitrogen and oxygen atoms in total. The first-order valence-electron chi connectivity index (χ1n) is 5.11. The number of hydrogen-bond acceptors (Lipinski definition) is 3. The van der Waals surface area contributed by atoms with Crippen molar-refractivity contribution in [2.24, 2.45) is 11.1 Å². The molecule has 1 rings (SSSR count). The van der Waals surface area contributed by atoms with Crippen LogP contribution in [0.4, 0.5) is 0 Å². The van der Waals surface area contributed by atoms with Crippen LogP contribution in [0.5, 0.6) is 0 Å². The molecule has 78 valence electrons. The predicted molar refractivity (Wildman–Crippen MR) is 54.7 cm³/mol. The first-order valence-corrected chi connectivity index (χ1v) is 5.11. The maximum absolute atomic E-state index is 5.52. The SMILES string of the molecule is COCC1(C)CCN(CCN)CC1. The molecule has 1 heterocycles. The molecule has 0 radical (unpaired) electrons. The Bertz CT molecular complexity index is 142. The fraction of sp³-hybridized carbons (Fsp3) is 1.00. The lowest BCUT2D eigenvalue weighted by Crippen LogP contribution is -2.42. The number of nitrogens with zero attached hydrogens (tertiary/aromatic N) is 1. The third-order valence-corrected chi connectivity index (χ3v) is 3.00. The molecular formula is C10H22N2O. The van der Waals surface area contributed by atoms with Gasteiger partial charge in [-0.3, -0.25) is 0 Å². The van der Waals surface area contributed by atoms with Crippen LogP contribution in [0.15, 0.2) is 0 Å². The Labute approximate surface area is 81.2 Å². The van der Waals surface area contributed by atoms with Gasteiger partial charge >= 0.3 is 0 Å². The second-order valence-electron chi connectivity index (χ2n) is 4.37. The summed E-state index contributed by atoms with van der Waals surface area (Å²) in [7, 11) is 1.79. The molecule has 0 aliphatic carbocycles. The molecule has 0 amide bonds. The second-order valence-corrected chi connectivity index (χ2v) is 4.37. The summed E-state index contributed by atoms with van der Waals surface area (Å²) < 4.78 is 5.24. The first-order chi connectivity index (χ1) is 6.20. The van der Waals surface area contributed by atoms with Crippen molar-refractivity contribution in [1.29, 1.82) is 0 Å². The summed E-state index contributed by atoms with van der Waals surface area (Å²) in [5.41, 5.74) is 5.92. The molecular weight excluding hydrogens is 164 g/mol. The van der Waals surface area contributed by atoms with Gasteiger partial charge in [0.15, 0.2) is 0 Å². The van der Waals surface area contributed by atoms with Crippen LogP contribution in [0.2, 0.25) is 0 Å². The molecule has 0 aromatic carbocycles. The Balaban J connectivity index is 2.28. The van der Waals surface area contributed by atoms with Crippen molar-refractivity contribution >= 4 is 0 Å². The molecule has 0 aromatic rings. The summed E-state index contributed by atoms with van der Waals surface area (Å²) >= 11 is 0. The molecule has 1 aliphatic rings. The third-order valence-electron chi connectivity index (χ3n) is 3.00. The minimum Gasteiger partial charge on any atom is -0.384 e. The average molecular weight is 186 g/mol. The van der Waals surface area contributed by atoms with E-state index in [2.05, 4.69) is 11.8 Å². The van der Waals surface area contributed by atoms with Gasteiger partial charge in [-0.2, -0.15) is 0 Å². The number of piperidine rings is 1. The van der Waals surface area contributed by atoms with Crippen LogP contribution in [0, 0.1) is 5.41 Å². The van der Waals surface area contributed by atoms with Gasteiger partial charge in [-0.05, 0) is 31.3 Å². The summed E-state index contributed by atoms with van der Waals surface area (Å²) in [5.74, 6) is 0. The molecule has 3 heteroatoms. The van der Waals surface area contributed by atoms with Crippen molar-refractivity contribution in [2.75, 3.05) is 39.9 Å². The number of likely N-dealkylation sites (tertiary alicyclic amines) is 1. The Morgan fingerprint density at radius 2 is 2.00 bits per heavy atom. The van der Waals surface area contributed by atoms with E-state index in [9.17, 15) is 0 Å². The maximum Gasteiger partial charge on any atom is 0.0516 e. The highest BCUT2D eigenvalue weighted by molar-refractivity contribution is 4.82. The molecule has 1 aliphatic heterocycles. The minimum absolute atomic E-state index is 0.403. The van der Waals surface area contributed by atoms with Gasteiger partial charge in [0.05, 0.1) is 6.61 Å². The Morgan fingerprint density at radius 1 is 1.38 bits per heavy atom. The quantitative estimate of drug-likeness (QED) is 0.702. The van der Waals surface area contributed by atoms with Crippen LogP contribution in [0.3, 0.4) is 0 Å². The lowest BCUT2D eigenvalue weighted by atomic mass is 9.81. The molecule has 0 aromatic heterocycles. The van der Waals surface area contributed by atoms with Crippen molar-refractivity contribution in [3.05, 3.63) is 0 Å². The van der Waals surface area contributed by atoms with E-state index in [0.29, 0.717) is 5.41 Å². The minimum atomic E-state index is 0.403. The molecule has 0 saturated carbocycles. The van der Waals surface area contributed by atoms with Crippen molar-refractivity contribution in [2.45, 2.75) is 19.8 Å². The van der Waals surface area contributed by atoms with Crippen molar-refractivity contribution < 1.29 is 4.74 Å². The number of ether oxygens (including phenoxy) is 1. The molecule has 0 unspecified atom stereocenters. The predicted octanol–water partition coefficient (Wildman–Crippen LogP) is 0.694. The highest BCUT2D eigenvalue weighted by Gasteiger charge is 2.29. The van der Waals surface area contributed by atoms with E-state index in [-0.39, 0.29) is 0 Å². The highest BCUT2D eigenvalue weighted by Crippen LogP contribution is 2.30. The van der Waals surface area contributed by atoms with Gasteiger partial charge in [-0.25, -0.2) is 0 Å². The Morgan fingerprint density at radius 3 is 2.46 bits per heavy atom. The average Bonchev–Trinajstić information content (AvgIpc) is 2.10. The van der Waals surface area contributed by atoms with Gasteiger partial charge in [0.2, 0.25) is 0 Å². The smallest absolute Gasteiger partial charge is 0.0516 e. The second kappa shape index (κ2) is 4.94. The van der Waals surface area contributed by atoms with E-state index in [1.165, 1.54) is 25.9 Å². The standard InChI is InChI=1S/C10H22N2O/c1-10(9-13-2)3-6-12(7-4-10)8-5-11/h3-9,11H2,1-2H3. The summed E-state index contributed by atoms with van der Waals surface area (Å²) in [4.78, 5) is 2.44. The van der Waals surface area contributed by atoms with Gasteiger partial charge in [0.25, 0.3) is 0 Å². The lowest BCUT2D eigenvalue weighted by molar-refractivity contribution is 0.0353. The molecule has 1 saturated heterocycles. The van der Waals surface area contributed by atoms with Crippen molar-refractivity contribution in [3.63, 3.8) is 0 Å². The van der Waals surface area contributed by atoms with Gasteiger partial charge in [-0.1, -0.05) is 6.92 Å². The van der Waals surface area contributed by atoms with Crippen LogP contribution in [-0.2, 0) is 4.74 Å². The molecule has 13 heavy (non-hydrogen) atoms. The molecule has 0 bridgehead atoms. The lowest BCUT2D eigenvalue weighted by Gasteiger charge is -2.38. The number of methoxy groups -OCH3 is 1. The molecule has 2 N–H and O–H groups in total. The Hall–Kier alpha value is -0.120. The van der Waals surface area contributed by atoms with E-state index in [0.717, 1.165) is 19.7 Å². The van der Waals surface area contributed by atoms with Crippen LogP contribution in [-0.4, -0.2) is 44.8 Å². The summed E-state index contributed by atoms with van der Waals surface area (Å²) in [6, 6.07) is 0. The van der Waals surface area contributed by atoms with Crippen LogP contribution >= 0.6 is 0 Å². The van der Waals surface area contributed by atoms with Crippen LogP contribution in [0.25, 0.3) is 0 Å². The van der Waals surface area contributed by atoms with Gasteiger partial charge in [0.1, 0.15) is 0 Å². The topological polar surface area (TPSA) is 38.5 Å². The first kappa shape index (κ1) is 11.0. The zero-order chi connectivity index (χ0) is 9.73. The largest absolute Gasteiger partial charge is 0.384 e. The molecule has 0 atom stereocenters. The highest BCUT2D eigenvalue weighted by atomic mass is 16.5. The van der Waals surface area contributed by atoms with Gasteiger partial charge in [-0.15, -0.1) is 0 Å². The van der Waals surface area contributed by atoms with Gasteiger partial charge in [0, 0.05) is 20.2 Å². The van der Waals surface area contributed by atoms with Crippen LogP contribution in [0.1, 0.15) is 19.8 Å². The molecule has 1 fully saturated rings. The normalized spacial score (nSPS) is 23.3. The van der Waals surface area contributed by atoms with E-state index >= 15 is 0 Å². The van der Waals surface area contributed by atoms with Crippen molar-refractivity contribution in [3.8, 4) is 0 Å². The van der Waals surface area contributed by atoms with E-state index in [1.807, 2.05) is 0 Å². The van der Waals surface area contributed by atoms with Crippen LogP contribution < -0.4 is 5.73 Å². The zero-order valence-corrected chi connectivity index (χ0v) is 8.88. The van der Waals surface area contributed by atoms with Crippen molar-refractivity contribution in [1.82, 2.24) is 4.90 Å². The monoisotopic (exact) mass is 186 g/mol. The fourth-order valence-electron chi connectivity index (χ4n) is 1.99. The van der Waals surface area contributed by atoms with Gasteiger partial charge < -0.3 is 15.4 Å². The molecule has 0 spiro atoms. The van der Waals surface area contributed by atoms with E-state index in [4.69, 9.17) is 10.5 Å². The number of rotatable bonds is 4. The van der Waals surface area contributed by atoms with E-state index < -0.39 is 0 Å². The summed E-state index contributed by atoms with van der Waals surface area (Å²) in [6.07, 6.45) is 2.47. The van der Waals surface area contributed by atoms with E-state index in [1.54, 1.807) is 7.11 Å². The maximum atomic E-state index is 5.52. The Kier molecular flexibility index (Phi) is 4.16. The zero-order valence-electron chi connectivity index (χ0n) is 8.88. The number of hydrogen-bond donors (Lipinski definition) is 1. The fourth-order valence-corrected chi connectivity index (χ4v) is 1.99. The number of nitrogens with two attached hydrogens (primary N) is 1. The summed E-state index contributed by atoms with van der Waals surface area (Å²) in [5, 5.41) is 0. The third kappa shape index (κ3) is 3.25. The summed E-state index contributed by atoms with van der Waals surface area (Å²) in [6.45, 7) is 7.39.